The molecule has 116 valence electrons. The molecule has 2 atom stereocenters. The van der Waals surface area contributed by atoms with Gasteiger partial charge in [0.15, 0.2) is 0 Å². The van der Waals surface area contributed by atoms with E-state index in [1.807, 2.05) is 6.07 Å². The van der Waals surface area contributed by atoms with E-state index in [2.05, 4.69) is 17.4 Å². The Morgan fingerprint density at radius 1 is 1.14 bits per heavy atom. The summed E-state index contributed by atoms with van der Waals surface area (Å²) in [5.41, 5.74) is 1.40. The second-order valence-electron chi connectivity index (χ2n) is 6.58. The summed E-state index contributed by atoms with van der Waals surface area (Å²) in [6, 6.07) is 7.15. The number of hydrogen-bond donors (Lipinski definition) is 1. The van der Waals surface area contributed by atoms with E-state index < -0.39 is 0 Å². The van der Waals surface area contributed by atoms with Gasteiger partial charge in [-0.25, -0.2) is 0 Å². The molecule has 0 aliphatic heterocycles. The average molecular weight is 308 g/mol. The molecule has 0 amide bonds. The molecule has 2 unspecified atom stereocenters. The number of benzene rings is 1. The van der Waals surface area contributed by atoms with Crippen LogP contribution < -0.4 is 10.1 Å². The fraction of sp³-hybridized carbons (Fsp3) is 0.667. The first kappa shape index (κ1) is 15.2. The van der Waals surface area contributed by atoms with E-state index in [1.54, 1.807) is 7.11 Å². The summed E-state index contributed by atoms with van der Waals surface area (Å²) >= 11 is 6.18. The van der Waals surface area contributed by atoms with Gasteiger partial charge < -0.3 is 10.1 Å². The van der Waals surface area contributed by atoms with Gasteiger partial charge in [-0.1, -0.05) is 36.9 Å². The molecule has 3 rings (SSSR count). The Hall–Kier alpha value is -0.730. The number of methoxy groups -OCH3 is 1. The second-order valence-corrected chi connectivity index (χ2v) is 6.99. The Bertz CT molecular complexity index is 472. The highest BCUT2D eigenvalue weighted by Gasteiger charge is 2.28. The topological polar surface area (TPSA) is 21.3 Å². The fourth-order valence-corrected chi connectivity index (χ4v) is 3.77. The minimum absolute atomic E-state index is 0.643. The van der Waals surface area contributed by atoms with E-state index in [9.17, 15) is 0 Å². The van der Waals surface area contributed by atoms with Crippen molar-refractivity contribution >= 4 is 11.6 Å². The quantitative estimate of drug-likeness (QED) is 0.792. The lowest BCUT2D eigenvalue weighted by atomic mass is 9.82. The maximum Gasteiger partial charge on any atom is 0.137 e. The van der Waals surface area contributed by atoms with Crippen LogP contribution in [0.2, 0.25) is 5.02 Å². The lowest BCUT2D eigenvalue weighted by molar-refractivity contribution is 0.371. The third-order valence-corrected chi connectivity index (χ3v) is 5.32. The SMILES string of the molecule is COc1cc(C2CCCCCC2CNC2CC2)ccc1Cl. The average Bonchev–Trinajstić information content (AvgIpc) is 3.32. The van der Waals surface area contributed by atoms with Crippen molar-refractivity contribution in [1.29, 1.82) is 0 Å². The largest absolute Gasteiger partial charge is 0.495 e. The summed E-state index contributed by atoms with van der Waals surface area (Å²) in [5.74, 6) is 2.20. The van der Waals surface area contributed by atoms with E-state index in [4.69, 9.17) is 16.3 Å². The van der Waals surface area contributed by atoms with Crippen molar-refractivity contribution in [2.75, 3.05) is 13.7 Å². The van der Waals surface area contributed by atoms with Crippen molar-refractivity contribution in [1.82, 2.24) is 5.32 Å². The Morgan fingerprint density at radius 2 is 1.95 bits per heavy atom. The summed E-state index contributed by atoms with van der Waals surface area (Å²) in [6.45, 7) is 1.17. The third kappa shape index (κ3) is 3.92. The lowest BCUT2D eigenvalue weighted by Crippen LogP contribution is -2.28. The standard InChI is InChI=1S/C18H26ClNO/c1-21-18-11-13(7-10-17(18)19)16-6-4-2-3-5-14(16)12-20-15-8-9-15/h7,10-11,14-16,20H,2-6,8-9,12H2,1H3. The van der Waals surface area contributed by atoms with Crippen molar-refractivity contribution < 1.29 is 4.74 Å². The summed E-state index contributed by atoms with van der Waals surface area (Å²) in [5, 5.41) is 4.45. The summed E-state index contributed by atoms with van der Waals surface area (Å²) in [6.07, 6.45) is 9.46. The number of rotatable bonds is 5. The summed E-state index contributed by atoms with van der Waals surface area (Å²) in [7, 11) is 1.70. The van der Waals surface area contributed by atoms with Crippen molar-refractivity contribution in [3.8, 4) is 5.75 Å². The van der Waals surface area contributed by atoms with Gasteiger partial charge in [-0.15, -0.1) is 0 Å². The van der Waals surface area contributed by atoms with E-state index in [-0.39, 0.29) is 0 Å². The van der Waals surface area contributed by atoms with Crippen LogP contribution in [0.15, 0.2) is 18.2 Å². The molecule has 2 aliphatic rings. The van der Waals surface area contributed by atoms with E-state index in [1.165, 1.54) is 57.1 Å². The van der Waals surface area contributed by atoms with Crippen LogP contribution in [0.3, 0.4) is 0 Å². The third-order valence-electron chi connectivity index (χ3n) is 5.01. The highest BCUT2D eigenvalue weighted by atomic mass is 35.5. The first-order valence-corrected chi connectivity index (χ1v) is 8.72. The van der Waals surface area contributed by atoms with Gasteiger partial charge in [0.1, 0.15) is 5.75 Å². The molecule has 21 heavy (non-hydrogen) atoms. The van der Waals surface area contributed by atoms with Crippen molar-refractivity contribution in [2.45, 2.75) is 56.9 Å². The maximum absolute atomic E-state index is 6.18. The predicted molar refractivity (Wildman–Crippen MR) is 88.3 cm³/mol. The number of ether oxygens (including phenoxy) is 1. The smallest absolute Gasteiger partial charge is 0.137 e. The monoisotopic (exact) mass is 307 g/mol. The van der Waals surface area contributed by atoms with Crippen LogP contribution in [0.4, 0.5) is 0 Å². The Labute approximate surface area is 133 Å². The molecule has 3 heteroatoms. The molecule has 0 saturated heterocycles. The number of hydrogen-bond acceptors (Lipinski definition) is 2. The summed E-state index contributed by atoms with van der Waals surface area (Å²) < 4.78 is 5.40. The fourth-order valence-electron chi connectivity index (χ4n) is 3.58. The van der Waals surface area contributed by atoms with Gasteiger partial charge >= 0.3 is 0 Å². The van der Waals surface area contributed by atoms with Gasteiger partial charge in [0.05, 0.1) is 12.1 Å². The minimum atomic E-state index is 0.643. The molecule has 0 aromatic heterocycles. The zero-order valence-corrected chi connectivity index (χ0v) is 13.7. The first-order chi connectivity index (χ1) is 10.3. The van der Waals surface area contributed by atoms with Crippen LogP contribution in [0.5, 0.6) is 5.75 Å². The van der Waals surface area contributed by atoms with E-state index in [0.717, 1.165) is 17.7 Å². The van der Waals surface area contributed by atoms with Crippen molar-refractivity contribution in [3.05, 3.63) is 28.8 Å². The van der Waals surface area contributed by atoms with Crippen molar-refractivity contribution in [3.63, 3.8) is 0 Å². The van der Waals surface area contributed by atoms with Crippen LogP contribution in [0, 0.1) is 5.92 Å². The molecule has 2 saturated carbocycles. The van der Waals surface area contributed by atoms with Crippen LogP contribution in [-0.2, 0) is 0 Å². The maximum atomic E-state index is 6.18. The Kier molecular flexibility index (Phi) is 5.07. The van der Waals surface area contributed by atoms with Gasteiger partial charge in [0.25, 0.3) is 0 Å². The molecule has 2 fully saturated rings. The Balaban J connectivity index is 1.76. The Morgan fingerprint density at radius 3 is 2.71 bits per heavy atom. The highest BCUT2D eigenvalue weighted by molar-refractivity contribution is 6.32. The van der Waals surface area contributed by atoms with Crippen LogP contribution in [-0.4, -0.2) is 19.7 Å². The van der Waals surface area contributed by atoms with Crippen LogP contribution in [0.25, 0.3) is 0 Å². The molecular weight excluding hydrogens is 282 g/mol. The number of nitrogens with one attached hydrogen (secondary N) is 1. The second kappa shape index (κ2) is 7.02. The normalized spacial score (nSPS) is 26.4. The zero-order chi connectivity index (χ0) is 14.7. The molecular formula is C18H26ClNO. The van der Waals surface area contributed by atoms with Gasteiger partial charge in [0.2, 0.25) is 0 Å². The lowest BCUT2D eigenvalue weighted by Gasteiger charge is -2.26. The van der Waals surface area contributed by atoms with E-state index >= 15 is 0 Å². The van der Waals surface area contributed by atoms with E-state index in [0.29, 0.717) is 10.9 Å². The zero-order valence-electron chi connectivity index (χ0n) is 12.9. The number of halogens is 1. The molecule has 1 N–H and O–H groups in total. The van der Waals surface area contributed by atoms with Gasteiger partial charge in [0, 0.05) is 6.04 Å². The molecule has 2 aliphatic carbocycles. The highest BCUT2D eigenvalue weighted by Crippen LogP contribution is 2.39. The molecule has 2 nitrogen and oxygen atoms in total. The van der Waals surface area contributed by atoms with Gasteiger partial charge in [-0.2, -0.15) is 0 Å². The molecule has 0 bridgehead atoms. The van der Waals surface area contributed by atoms with Crippen LogP contribution >= 0.6 is 11.6 Å². The summed E-state index contributed by atoms with van der Waals surface area (Å²) in [4.78, 5) is 0. The van der Waals surface area contributed by atoms with Gasteiger partial charge in [-0.3, -0.25) is 0 Å². The van der Waals surface area contributed by atoms with Crippen LogP contribution in [0.1, 0.15) is 56.4 Å². The molecule has 1 aromatic carbocycles. The van der Waals surface area contributed by atoms with Crippen molar-refractivity contribution in [2.24, 2.45) is 5.92 Å². The first-order valence-electron chi connectivity index (χ1n) is 8.34. The molecule has 0 heterocycles. The molecule has 0 radical (unpaired) electrons. The minimum Gasteiger partial charge on any atom is -0.495 e. The molecule has 0 spiro atoms. The molecule has 1 aromatic rings. The predicted octanol–water partition coefficient (Wildman–Crippen LogP) is 4.76. The van der Waals surface area contributed by atoms with Gasteiger partial charge in [-0.05, 0) is 61.8 Å².